The zero-order chi connectivity index (χ0) is 21.6. The number of methoxy groups -OCH3 is 1. The minimum Gasteiger partial charge on any atom is -0.491 e. The van der Waals surface area contributed by atoms with Crippen molar-refractivity contribution in [2.24, 2.45) is 4.99 Å². The molecule has 1 amide bonds. The van der Waals surface area contributed by atoms with Gasteiger partial charge in [-0.15, -0.1) is 24.0 Å². The molecule has 7 nitrogen and oxygen atoms in total. The smallest absolute Gasteiger partial charge is 0.239 e. The van der Waals surface area contributed by atoms with E-state index in [0.717, 1.165) is 23.3 Å². The third kappa shape index (κ3) is 10.5. The largest absolute Gasteiger partial charge is 0.491 e. The predicted octanol–water partition coefficient (Wildman–Crippen LogP) is 2.66. The fourth-order valence-electron chi connectivity index (χ4n) is 2.79. The van der Waals surface area contributed by atoms with Gasteiger partial charge >= 0.3 is 0 Å². The van der Waals surface area contributed by atoms with Crippen molar-refractivity contribution < 1.29 is 14.3 Å². The summed E-state index contributed by atoms with van der Waals surface area (Å²) in [5, 5.41) is 9.17. The molecule has 8 heteroatoms. The lowest BCUT2D eigenvalue weighted by atomic mass is 10.1. The highest BCUT2D eigenvalue weighted by Crippen LogP contribution is 2.20. The molecular weight excluding hydrogens is 507 g/mol. The standard InChI is InChI=1S/C23H32N4O3.HI/c1-18-9-10-20(21(15-18)30-14-13-29-3)16-26-23(24-2)27-17-22(28)25-12-11-19-7-5-4-6-8-19;/h4-10,15H,11-14,16-17H2,1-3H3,(H,25,28)(H2,24,26,27);1H. The Kier molecular flexibility index (Phi) is 13.3. The highest BCUT2D eigenvalue weighted by atomic mass is 127. The molecule has 170 valence electrons. The summed E-state index contributed by atoms with van der Waals surface area (Å²) in [5.74, 6) is 1.29. The van der Waals surface area contributed by atoms with E-state index in [1.54, 1.807) is 14.2 Å². The number of benzene rings is 2. The summed E-state index contributed by atoms with van der Waals surface area (Å²) in [5.41, 5.74) is 3.33. The van der Waals surface area contributed by atoms with Crippen LogP contribution in [0.4, 0.5) is 0 Å². The molecule has 0 aliphatic carbocycles. The number of carbonyl (C=O) groups is 1. The van der Waals surface area contributed by atoms with Crippen molar-refractivity contribution in [3.63, 3.8) is 0 Å². The van der Waals surface area contributed by atoms with Crippen LogP contribution in [0.5, 0.6) is 5.75 Å². The molecule has 31 heavy (non-hydrogen) atoms. The topological polar surface area (TPSA) is 84.0 Å². The Morgan fingerprint density at radius 1 is 1.03 bits per heavy atom. The first-order valence-electron chi connectivity index (χ1n) is 10.1. The molecule has 0 aromatic heterocycles. The van der Waals surface area contributed by atoms with Gasteiger partial charge in [0.2, 0.25) is 5.91 Å². The molecule has 2 rings (SSSR count). The van der Waals surface area contributed by atoms with E-state index in [9.17, 15) is 4.79 Å². The monoisotopic (exact) mass is 540 g/mol. The molecule has 2 aromatic rings. The first-order valence-corrected chi connectivity index (χ1v) is 10.1. The number of ether oxygens (including phenoxy) is 2. The number of aryl methyl sites for hydroxylation is 1. The van der Waals surface area contributed by atoms with Crippen LogP contribution >= 0.6 is 24.0 Å². The lowest BCUT2D eigenvalue weighted by Crippen LogP contribution is -2.43. The Morgan fingerprint density at radius 3 is 2.52 bits per heavy atom. The molecular formula is C23H33IN4O3. The Hall–Kier alpha value is -2.33. The van der Waals surface area contributed by atoms with Gasteiger partial charge in [-0.05, 0) is 30.5 Å². The molecule has 0 aliphatic heterocycles. The van der Waals surface area contributed by atoms with Gasteiger partial charge in [0.05, 0.1) is 13.2 Å². The first kappa shape index (κ1) is 26.7. The van der Waals surface area contributed by atoms with Crippen molar-refractivity contribution in [3.8, 4) is 5.75 Å². The molecule has 2 aromatic carbocycles. The van der Waals surface area contributed by atoms with Gasteiger partial charge in [-0.2, -0.15) is 0 Å². The number of nitrogens with zero attached hydrogens (tertiary/aromatic N) is 1. The van der Waals surface area contributed by atoms with Crippen molar-refractivity contribution in [2.45, 2.75) is 19.9 Å². The normalized spacial score (nSPS) is 10.7. The SMILES string of the molecule is CN=C(NCC(=O)NCCc1ccccc1)NCc1ccc(C)cc1OCCOC.I. The second-order valence-electron chi connectivity index (χ2n) is 6.82. The van der Waals surface area contributed by atoms with E-state index >= 15 is 0 Å². The number of carbonyl (C=O) groups excluding carboxylic acids is 1. The number of guanidine groups is 1. The van der Waals surface area contributed by atoms with Gasteiger partial charge in [-0.3, -0.25) is 9.79 Å². The van der Waals surface area contributed by atoms with Gasteiger partial charge in [0, 0.05) is 32.8 Å². The highest BCUT2D eigenvalue weighted by Gasteiger charge is 2.07. The van der Waals surface area contributed by atoms with Crippen molar-refractivity contribution in [3.05, 3.63) is 65.2 Å². The predicted molar refractivity (Wildman–Crippen MR) is 135 cm³/mol. The molecule has 0 bridgehead atoms. The van der Waals surface area contributed by atoms with Gasteiger partial charge in [0.25, 0.3) is 0 Å². The van der Waals surface area contributed by atoms with Crippen LogP contribution in [-0.4, -0.2) is 52.3 Å². The third-order valence-electron chi connectivity index (χ3n) is 4.43. The van der Waals surface area contributed by atoms with E-state index in [1.165, 1.54) is 5.56 Å². The van der Waals surface area contributed by atoms with Crippen LogP contribution in [0.2, 0.25) is 0 Å². The molecule has 0 unspecified atom stereocenters. The van der Waals surface area contributed by atoms with Crippen molar-refractivity contribution in [1.82, 2.24) is 16.0 Å². The van der Waals surface area contributed by atoms with Gasteiger partial charge in [0.15, 0.2) is 5.96 Å². The van der Waals surface area contributed by atoms with E-state index in [-0.39, 0.29) is 36.4 Å². The molecule has 0 atom stereocenters. The summed E-state index contributed by atoms with van der Waals surface area (Å²) >= 11 is 0. The fraction of sp³-hybridized carbons (Fsp3) is 0.391. The van der Waals surface area contributed by atoms with Crippen LogP contribution < -0.4 is 20.7 Å². The number of aliphatic imine (C=N–C) groups is 1. The van der Waals surface area contributed by atoms with Crippen molar-refractivity contribution >= 4 is 35.8 Å². The lowest BCUT2D eigenvalue weighted by molar-refractivity contribution is -0.119. The van der Waals surface area contributed by atoms with Gasteiger partial charge in [0.1, 0.15) is 12.4 Å². The molecule has 0 spiro atoms. The van der Waals surface area contributed by atoms with E-state index in [0.29, 0.717) is 32.3 Å². The molecule has 0 heterocycles. The average molecular weight is 540 g/mol. The summed E-state index contributed by atoms with van der Waals surface area (Å²) in [6.07, 6.45) is 0.804. The third-order valence-corrected chi connectivity index (χ3v) is 4.43. The number of nitrogens with one attached hydrogen (secondary N) is 3. The maximum Gasteiger partial charge on any atom is 0.239 e. The Labute approximate surface area is 202 Å². The van der Waals surface area contributed by atoms with Crippen LogP contribution in [0.3, 0.4) is 0 Å². The Bertz CT molecular complexity index is 816. The highest BCUT2D eigenvalue weighted by molar-refractivity contribution is 14.0. The Morgan fingerprint density at radius 2 is 1.81 bits per heavy atom. The van der Waals surface area contributed by atoms with Crippen LogP contribution in [0.15, 0.2) is 53.5 Å². The van der Waals surface area contributed by atoms with Crippen LogP contribution in [0, 0.1) is 6.92 Å². The summed E-state index contributed by atoms with van der Waals surface area (Å²) in [6, 6.07) is 16.1. The molecule has 0 radical (unpaired) electrons. The zero-order valence-electron chi connectivity index (χ0n) is 18.4. The molecule has 3 N–H and O–H groups in total. The van der Waals surface area contributed by atoms with E-state index in [2.05, 4.69) is 33.1 Å². The summed E-state index contributed by atoms with van der Waals surface area (Å²) < 4.78 is 10.9. The maximum atomic E-state index is 12.1. The van der Waals surface area contributed by atoms with E-state index < -0.39 is 0 Å². The zero-order valence-corrected chi connectivity index (χ0v) is 20.8. The second kappa shape index (κ2) is 15.5. The molecule has 0 fully saturated rings. The summed E-state index contributed by atoms with van der Waals surface area (Å²) in [6.45, 7) is 4.32. The minimum atomic E-state index is -0.0761. The van der Waals surface area contributed by atoms with Crippen LogP contribution in [-0.2, 0) is 22.5 Å². The number of hydrogen-bond acceptors (Lipinski definition) is 4. The van der Waals surface area contributed by atoms with Gasteiger partial charge in [-0.1, -0.05) is 42.5 Å². The molecule has 0 saturated carbocycles. The Balaban J connectivity index is 0.00000480. The van der Waals surface area contributed by atoms with Gasteiger partial charge in [-0.25, -0.2) is 0 Å². The quantitative estimate of drug-likeness (QED) is 0.177. The molecule has 0 aliphatic rings. The van der Waals surface area contributed by atoms with E-state index in [4.69, 9.17) is 9.47 Å². The summed E-state index contributed by atoms with van der Waals surface area (Å²) in [7, 11) is 3.32. The number of halogens is 1. The lowest BCUT2D eigenvalue weighted by Gasteiger charge is -2.15. The van der Waals surface area contributed by atoms with Crippen molar-refractivity contribution in [1.29, 1.82) is 0 Å². The van der Waals surface area contributed by atoms with Crippen LogP contribution in [0.25, 0.3) is 0 Å². The first-order chi connectivity index (χ1) is 14.6. The number of rotatable bonds is 11. The summed E-state index contributed by atoms with van der Waals surface area (Å²) in [4.78, 5) is 16.3. The number of amides is 1. The maximum absolute atomic E-state index is 12.1. The minimum absolute atomic E-state index is 0. The van der Waals surface area contributed by atoms with Crippen LogP contribution in [0.1, 0.15) is 16.7 Å². The van der Waals surface area contributed by atoms with E-state index in [1.807, 2.05) is 43.3 Å². The van der Waals surface area contributed by atoms with Gasteiger partial charge < -0.3 is 25.4 Å². The molecule has 0 saturated heterocycles. The average Bonchev–Trinajstić information content (AvgIpc) is 2.76. The number of hydrogen-bond donors (Lipinski definition) is 3. The fourth-order valence-corrected chi connectivity index (χ4v) is 2.79. The van der Waals surface area contributed by atoms with Crippen molar-refractivity contribution in [2.75, 3.05) is 40.5 Å². The second-order valence-corrected chi connectivity index (χ2v) is 6.82.